The van der Waals surface area contributed by atoms with Crippen LogP contribution in [0.15, 0.2) is 18.3 Å². The van der Waals surface area contributed by atoms with Gasteiger partial charge in [0, 0.05) is 17.8 Å². The van der Waals surface area contributed by atoms with Crippen molar-refractivity contribution in [1.29, 1.82) is 0 Å². The first kappa shape index (κ1) is 13.9. The number of halogens is 3. The Bertz CT molecular complexity index is 502. The summed E-state index contributed by atoms with van der Waals surface area (Å²) in [5.41, 5.74) is 0.621. The molecule has 2 aliphatic rings. The predicted octanol–water partition coefficient (Wildman–Crippen LogP) is 3.60. The largest absolute Gasteiger partial charge is 0.391 e. The van der Waals surface area contributed by atoms with Gasteiger partial charge in [-0.1, -0.05) is 6.07 Å². The molecule has 0 aliphatic heterocycles. The Balaban J connectivity index is 1.86. The van der Waals surface area contributed by atoms with Crippen molar-refractivity contribution in [3.8, 4) is 0 Å². The molecule has 3 rings (SSSR count). The van der Waals surface area contributed by atoms with Crippen molar-refractivity contribution >= 4 is 0 Å². The molecular weight excluding hydrogens is 267 g/mol. The van der Waals surface area contributed by atoms with E-state index in [-0.39, 0.29) is 18.8 Å². The molecule has 0 aromatic carbocycles. The molecule has 0 radical (unpaired) electrons. The number of fused-ring (bicyclic) bond motifs is 1. The highest BCUT2D eigenvalue weighted by Gasteiger charge is 2.51. The lowest BCUT2D eigenvalue weighted by atomic mass is 9.70. The fourth-order valence-corrected chi connectivity index (χ4v) is 3.82. The summed E-state index contributed by atoms with van der Waals surface area (Å²) >= 11 is 0. The van der Waals surface area contributed by atoms with Gasteiger partial charge in [0.15, 0.2) is 0 Å². The molecule has 1 aromatic heterocycles. The van der Waals surface area contributed by atoms with Crippen molar-refractivity contribution in [2.45, 2.75) is 56.2 Å². The van der Waals surface area contributed by atoms with Crippen LogP contribution in [0.5, 0.6) is 0 Å². The minimum absolute atomic E-state index is 0.133. The number of rotatable bonds is 1. The standard InChI is InChI=1S/C15H18F3NO/c16-15(17,18)11-4-1-7-14(20,9-11)12-6-5-10-3-2-8-19-13(10)12/h2-3,8,11-12,20H,1,4-7,9H2. The van der Waals surface area contributed by atoms with Crippen LogP contribution in [0.25, 0.3) is 0 Å². The highest BCUT2D eigenvalue weighted by Crippen LogP contribution is 2.50. The fraction of sp³-hybridized carbons (Fsp3) is 0.667. The van der Waals surface area contributed by atoms with E-state index in [9.17, 15) is 18.3 Å². The van der Waals surface area contributed by atoms with E-state index >= 15 is 0 Å². The van der Waals surface area contributed by atoms with Gasteiger partial charge in [0.1, 0.15) is 0 Å². The van der Waals surface area contributed by atoms with Gasteiger partial charge in [0.2, 0.25) is 0 Å². The average molecular weight is 285 g/mol. The monoisotopic (exact) mass is 285 g/mol. The molecule has 1 fully saturated rings. The van der Waals surface area contributed by atoms with Gasteiger partial charge >= 0.3 is 6.18 Å². The first-order valence-electron chi connectivity index (χ1n) is 7.13. The molecule has 20 heavy (non-hydrogen) atoms. The zero-order valence-electron chi connectivity index (χ0n) is 11.2. The zero-order chi connectivity index (χ0) is 14.4. The van der Waals surface area contributed by atoms with E-state index in [0.29, 0.717) is 19.3 Å². The third kappa shape index (κ3) is 2.32. The molecule has 5 heteroatoms. The normalized spacial score (nSPS) is 34.0. The van der Waals surface area contributed by atoms with E-state index in [1.165, 1.54) is 0 Å². The van der Waals surface area contributed by atoms with Crippen LogP contribution in [-0.4, -0.2) is 21.9 Å². The highest BCUT2D eigenvalue weighted by atomic mass is 19.4. The van der Waals surface area contributed by atoms with Gasteiger partial charge in [-0.05, 0) is 50.2 Å². The molecule has 1 N–H and O–H groups in total. The lowest BCUT2D eigenvalue weighted by Crippen LogP contribution is -2.44. The highest BCUT2D eigenvalue weighted by molar-refractivity contribution is 5.31. The maximum Gasteiger partial charge on any atom is 0.391 e. The average Bonchev–Trinajstić information content (AvgIpc) is 2.82. The molecule has 0 spiro atoms. The Labute approximate surface area is 116 Å². The molecule has 0 amide bonds. The number of alkyl halides is 3. The quantitative estimate of drug-likeness (QED) is 0.855. The van der Waals surface area contributed by atoms with Crippen molar-refractivity contribution < 1.29 is 18.3 Å². The van der Waals surface area contributed by atoms with Gasteiger partial charge in [0.05, 0.1) is 11.5 Å². The molecule has 1 aromatic rings. The third-order valence-corrected chi connectivity index (χ3v) is 4.83. The number of pyridine rings is 1. The van der Waals surface area contributed by atoms with E-state index in [2.05, 4.69) is 4.98 Å². The Morgan fingerprint density at radius 2 is 2.10 bits per heavy atom. The molecule has 3 atom stereocenters. The Kier molecular flexibility index (Phi) is 3.27. The van der Waals surface area contributed by atoms with Crippen LogP contribution in [0.3, 0.4) is 0 Å². The van der Waals surface area contributed by atoms with Crippen molar-refractivity contribution in [3.05, 3.63) is 29.6 Å². The predicted molar refractivity (Wildman–Crippen MR) is 68.3 cm³/mol. The molecule has 3 unspecified atom stereocenters. The van der Waals surface area contributed by atoms with Crippen LogP contribution in [0.2, 0.25) is 0 Å². The number of aromatic nitrogens is 1. The lowest BCUT2D eigenvalue weighted by Gasteiger charge is -2.41. The molecule has 0 bridgehead atoms. The summed E-state index contributed by atoms with van der Waals surface area (Å²) in [5.74, 6) is -1.63. The number of hydrogen-bond acceptors (Lipinski definition) is 2. The van der Waals surface area contributed by atoms with E-state index in [1.54, 1.807) is 6.20 Å². The van der Waals surface area contributed by atoms with Crippen LogP contribution in [0.1, 0.15) is 49.3 Å². The van der Waals surface area contributed by atoms with Crippen LogP contribution in [0.4, 0.5) is 13.2 Å². The van der Waals surface area contributed by atoms with Crippen molar-refractivity contribution in [2.75, 3.05) is 0 Å². The van der Waals surface area contributed by atoms with Gasteiger partial charge < -0.3 is 5.11 Å². The maximum atomic E-state index is 12.9. The van der Waals surface area contributed by atoms with E-state index < -0.39 is 17.7 Å². The minimum atomic E-state index is -4.21. The van der Waals surface area contributed by atoms with Gasteiger partial charge in [-0.15, -0.1) is 0 Å². The first-order chi connectivity index (χ1) is 9.40. The Morgan fingerprint density at radius 3 is 2.85 bits per heavy atom. The van der Waals surface area contributed by atoms with Crippen molar-refractivity contribution in [1.82, 2.24) is 4.98 Å². The number of nitrogens with zero attached hydrogens (tertiary/aromatic N) is 1. The smallest absolute Gasteiger partial charge is 0.389 e. The Hall–Kier alpha value is -1.10. The molecule has 0 saturated heterocycles. The van der Waals surface area contributed by atoms with E-state index in [4.69, 9.17) is 0 Å². The number of aryl methyl sites for hydroxylation is 1. The zero-order valence-corrected chi connectivity index (χ0v) is 11.2. The van der Waals surface area contributed by atoms with E-state index in [1.807, 2.05) is 12.1 Å². The summed E-state index contributed by atoms with van der Waals surface area (Å²) in [6, 6.07) is 3.79. The third-order valence-electron chi connectivity index (χ3n) is 4.83. The number of aliphatic hydroxyl groups is 1. The minimum Gasteiger partial charge on any atom is -0.389 e. The lowest BCUT2D eigenvalue weighted by molar-refractivity contribution is -0.203. The molecule has 110 valence electrons. The summed E-state index contributed by atoms with van der Waals surface area (Å²) in [6.45, 7) is 0. The summed E-state index contributed by atoms with van der Waals surface area (Å²) in [5, 5.41) is 10.8. The second kappa shape index (κ2) is 4.72. The molecule has 2 aliphatic carbocycles. The van der Waals surface area contributed by atoms with Crippen LogP contribution < -0.4 is 0 Å². The van der Waals surface area contributed by atoms with Gasteiger partial charge in [-0.25, -0.2) is 0 Å². The Morgan fingerprint density at radius 1 is 1.30 bits per heavy atom. The summed E-state index contributed by atoms with van der Waals surface area (Å²) < 4.78 is 38.8. The molecule has 2 nitrogen and oxygen atoms in total. The second-order valence-corrected chi connectivity index (χ2v) is 6.08. The van der Waals surface area contributed by atoms with Gasteiger partial charge in [-0.3, -0.25) is 4.98 Å². The van der Waals surface area contributed by atoms with Crippen LogP contribution in [-0.2, 0) is 6.42 Å². The summed E-state index contributed by atoms with van der Waals surface area (Å²) in [6.07, 6.45) is -0.227. The van der Waals surface area contributed by atoms with E-state index in [0.717, 1.165) is 17.7 Å². The van der Waals surface area contributed by atoms with Gasteiger partial charge in [0.25, 0.3) is 0 Å². The SMILES string of the molecule is OC1(C2CCc3cccnc32)CCCC(C(F)(F)F)C1. The van der Waals surface area contributed by atoms with Crippen LogP contribution in [0, 0.1) is 5.92 Å². The topological polar surface area (TPSA) is 33.1 Å². The van der Waals surface area contributed by atoms with Crippen LogP contribution >= 0.6 is 0 Å². The second-order valence-electron chi connectivity index (χ2n) is 6.08. The van der Waals surface area contributed by atoms with Crippen molar-refractivity contribution in [3.63, 3.8) is 0 Å². The van der Waals surface area contributed by atoms with Crippen molar-refractivity contribution in [2.24, 2.45) is 5.92 Å². The molecule has 1 heterocycles. The van der Waals surface area contributed by atoms with Gasteiger partial charge in [-0.2, -0.15) is 13.2 Å². The number of hydrogen-bond donors (Lipinski definition) is 1. The summed E-state index contributed by atoms with van der Waals surface area (Å²) in [7, 11) is 0. The fourth-order valence-electron chi connectivity index (χ4n) is 3.82. The first-order valence-corrected chi connectivity index (χ1v) is 7.13. The molecule has 1 saturated carbocycles. The summed E-state index contributed by atoms with van der Waals surface area (Å²) in [4.78, 5) is 4.31. The molecular formula is C15H18F3NO. The maximum absolute atomic E-state index is 12.9.